The van der Waals surface area contributed by atoms with Gasteiger partial charge in [-0.1, -0.05) is 47.5 Å². The second-order valence-corrected chi connectivity index (χ2v) is 11.1. The number of aliphatic carboxylic acids is 1. The summed E-state index contributed by atoms with van der Waals surface area (Å²) in [5, 5.41) is 13.9. The van der Waals surface area contributed by atoms with Crippen molar-refractivity contribution in [1.29, 1.82) is 0 Å². The third-order valence-electron chi connectivity index (χ3n) is 5.93. The number of nitrogens with zero attached hydrogens (tertiary/aromatic N) is 1. The molecule has 14 heteroatoms. The Bertz CT molecular complexity index is 1480. The minimum Gasteiger partial charge on any atom is -0.475 e. The Kier molecular flexibility index (Phi) is 10.6. The Morgan fingerprint density at radius 1 is 1.02 bits per heavy atom. The number of carbonyl (C=O) groups excluding carboxylic acids is 1. The summed E-state index contributed by atoms with van der Waals surface area (Å²) >= 11 is 6.19. The molecule has 1 aliphatic heterocycles. The normalized spacial score (nSPS) is 13.5. The highest BCUT2D eigenvalue weighted by molar-refractivity contribution is 7.92. The van der Waals surface area contributed by atoms with Crippen LogP contribution in [0, 0.1) is 6.92 Å². The smallest absolute Gasteiger partial charge is 0.475 e. The summed E-state index contributed by atoms with van der Waals surface area (Å²) < 4.78 is 60.7. The van der Waals surface area contributed by atoms with Gasteiger partial charge in [-0.2, -0.15) is 13.2 Å². The van der Waals surface area contributed by atoms with Crippen LogP contribution in [0.3, 0.4) is 0 Å². The molecule has 1 amide bonds. The maximum atomic E-state index is 13.1. The molecule has 220 valence electrons. The number of amides is 1. The van der Waals surface area contributed by atoms with Crippen LogP contribution < -0.4 is 20.3 Å². The van der Waals surface area contributed by atoms with E-state index in [2.05, 4.69) is 20.3 Å². The lowest BCUT2D eigenvalue weighted by molar-refractivity contribution is -0.192. The molecular weight excluding hydrogens is 585 g/mol. The SMILES string of the molecule is Cc1ccc(S(=O)(=O)Nc2cc(C(=O)NCc3ccccc3Cl)ccc2N2CCNCC2)cc1.O=C(O)C(F)(F)F. The van der Waals surface area contributed by atoms with E-state index in [1.54, 1.807) is 48.5 Å². The van der Waals surface area contributed by atoms with Gasteiger partial charge in [-0.05, 0) is 48.9 Å². The van der Waals surface area contributed by atoms with Crippen molar-refractivity contribution in [2.75, 3.05) is 35.8 Å². The van der Waals surface area contributed by atoms with E-state index in [4.69, 9.17) is 21.5 Å². The third kappa shape index (κ3) is 9.10. The summed E-state index contributed by atoms with van der Waals surface area (Å²) in [5.74, 6) is -3.07. The molecule has 0 aromatic heterocycles. The molecule has 4 rings (SSSR count). The number of rotatable bonds is 7. The van der Waals surface area contributed by atoms with Crippen LogP contribution >= 0.6 is 11.6 Å². The minimum absolute atomic E-state index is 0.165. The number of nitrogens with one attached hydrogen (secondary N) is 3. The van der Waals surface area contributed by atoms with Gasteiger partial charge in [0.05, 0.1) is 16.3 Å². The van der Waals surface area contributed by atoms with Crippen LogP contribution in [0.25, 0.3) is 0 Å². The second kappa shape index (κ2) is 13.7. The molecule has 0 unspecified atom stereocenters. The summed E-state index contributed by atoms with van der Waals surface area (Å²) in [5.41, 5.74) is 3.23. The van der Waals surface area contributed by atoms with Crippen LogP contribution in [-0.4, -0.2) is 57.8 Å². The molecule has 41 heavy (non-hydrogen) atoms. The quantitative estimate of drug-likeness (QED) is 0.311. The topological polar surface area (TPSA) is 128 Å². The van der Waals surface area contributed by atoms with Crippen molar-refractivity contribution in [1.82, 2.24) is 10.6 Å². The average Bonchev–Trinajstić information content (AvgIpc) is 2.93. The van der Waals surface area contributed by atoms with E-state index in [1.807, 2.05) is 25.1 Å². The van der Waals surface area contributed by atoms with Gasteiger partial charge < -0.3 is 20.6 Å². The van der Waals surface area contributed by atoms with Crippen LogP contribution in [0.1, 0.15) is 21.5 Å². The number of carboxylic acids is 1. The summed E-state index contributed by atoms with van der Waals surface area (Å²) in [7, 11) is -3.84. The monoisotopic (exact) mass is 612 g/mol. The highest BCUT2D eigenvalue weighted by Crippen LogP contribution is 2.30. The maximum absolute atomic E-state index is 13.1. The number of hydrogen-bond donors (Lipinski definition) is 4. The van der Waals surface area contributed by atoms with Gasteiger partial charge in [-0.25, -0.2) is 13.2 Å². The van der Waals surface area contributed by atoms with E-state index in [0.29, 0.717) is 16.3 Å². The van der Waals surface area contributed by atoms with Crippen LogP contribution in [0.15, 0.2) is 71.6 Å². The number of carboxylic acid groups (broad SMARTS) is 1. The van der Waals surface area contributed by atoms with Gasteiger partial charge in [-0.3, -0.25) is 9.52 Å². The average molecular weight is 613 g/mol. The van der Waals surface area contributed by atoms with E-state index >= 15 is 0 Å². The van der Waals surface area contributed by atoms with Crippen molar-refractivity contribution in [3.63, 3.8) is 0 Å². The lowest BCUT2D eigenvalue weighted by atomic mass is 10.1. The number of aryl methyl sites for hydroxylation is 1. The molecule has 9 nitrogen and oxygen atoms in total. The van der Waals surface area contributed by atoms with Crippen molar-refractivity contribution in [3.8, 4) is 0 Å². The van der Waals surface area contributed by atoms with E-state index in [-0.39, 0.29) is 17.3 Å². The van der Waals surface area contributed by atoms with Crippen molar-refractivity contribution in [3.05, 3.63) is 88.4 Å². The minimum atomic E-state index is -5.08. The van der Waals surface area contributed by atoms with E-state index in [1.165, 1.54) is 0 Å². The van der Waals surface area contributed by atoms with E-state index in [0.717, 1.165) is 43.0 Å². The summed E-state index contributed by atoms with van der Waals surface area (Å²) in [6.45, 7) is 5.22. The molecule has 3 aromatic rings. The number of sulfonamides is 1. The number of hydrogen-bond acceptors (Lipinski definition) is 6. The van der Waals surface area contributed by atoms with Crippen molar-refractivity contribution >= 4 is 44.9 Å². The van der Waals surface area contributed by atoms with Crippen LogP contribution in [0.5, 0.6) is 0 Å². The molecule has 0 saturated carbocycles. The highest BCUT2D eigenvalue weighted by Gasteiger charge is 2.38. The Morgan fingerprint density at radius 2 is 1.63 bits per heavy atom. The maximum Gasteiger partial charge on any atom is 0.490 e. The molecule has 1 aliphatic rings. The molecule has 0 spiro atoms. The lowest BCUT2D eigenvalue weighted by Gasteiger charge is -2.31. The van der Waals surface area contributed by atoms with Gasteiger partial charge in [-0.15, -0.1) is 0 Å². The van der Waals surface area contributed by atoms with Crippen LogP contribution in [-0.2, 0) is 21.4 Å². The highest BCUT2D eigenvalue weighted by atomic mass is 35.5. The zero-order valence-electron chi connectivity index (χ0n) is 21.8. The van der Waals surface area contributed by atoms with Crippen molar-refractivity contribution in [2.45, 2.75) is 24.5 Å². The largest absolute Gasteiger partial charge is 0.490 e. The Balaban J connectivity index is 0.000000587. The molecule has 0 atom stereocenters. The Labute approximate surface area is 240 Å². The second-order valence-electron chi connectivity index (χ2n) is 8.96. The summed E-state index contributed by atoms with van der Waals surface area (Å²) in [6.07, 6.45) is -5.08. The predicted molar refractivity (Wildman–Crippen MR) is 150 cm³/mol. The fraction of sp³-hybridized carbons (Fsp3) is 0.259. The summed E-state index contributed by atoms with van der Waals surface area (Å²) in [6, 6.07) is 19.0. The zero-order valence-corrected chi connectivity index (χ0v) is 23.4. The first-order valence-corrected chi connectivity index (χ1v) is 14.1. The zero-order chi connectivity index (χ0) is 30.2. The van der Waals surface area contributed by atoms with Crippen molar-refractivity contribution < 1.29 is 36.3 Å². The molecule has 1 fully saturated rings. The number of anilines is 2. The van der Waals surface area contributed by atoms with E-state index in [9.17, 15) is 26.4 Å². The van der Waals surface area contributed by atoms with Crippen LogP contribution in [0.4, 0.5) is 24.5 Å². The van der Waals surface area contributed by atoms with Gasteiger partial charge in [0.15, 0.2) is 0 Å². The van der Waals surface area contributed by atoms with Crippen LogP contribution in [0.2, 0.25) is 5.02 Å². The molecule has 1 heterocycles. The molecule has 3 aromatic carbocycles. The number of carbonyl (C=O) groups is 2. The molecular formula is C27H28ClF3N4O5S. The molecule has 0 aliphatic carbocycles. The molecule has 1 saturated heterocycles. The van der Waals surface area contributed by atoms with E-state index < -0.39 is 22.2 Å². The molecule has 0 bridgehead atoms. The molecule has 4 N–H and O–H groups in total. The first-order chi connectivity index (χ1) is 19.3. The number of halogens is 4. The summed E-state index contributed by atoms with van der Waals surface area (Å²) in [4.78, 5) is 24.1. The first kappa shape index (κ1) is 31.7. The first-order valence-electron chi connectivity index (χ1n) is 12.3. The van der Waals surface area contributed by atoms with Crippen molar-refractivity contribution in [2.24, 2.45) is 0 Å². The number of alkyl halides is 3. The van der Waals surface area contributed by atoms with Gasteiger partial charge >= 0.3 is 12.1 Å². The lowest BCUT2D eigenvalue weighted by Crippen LogP contribution is -2.43. The molecule has 0 radical (unpaired) electrons. The van der Waals surface area contributed by atoms with Gasteiger partial charge in [0.2, 0.25) is 0 Å². The fourth-order valence-electron chi connectivity index (χ4n) is 3.78. The number of piperazine rings is 1. The van der Waals surface area contributed by atoms with Gasteiger partial charge in [0, 0.05) is 43.3 Å². The predicted octanol–water partition coefficient (Wildman–Crippen LogP) is 4.42. The van der Waals surface area contributed by atoms with Gasteiger partial charge in [0.1, 0.15) is 0 Å². The third-order valence-corrected chi connectivity index (χ3v) is 7.68. The number of benzene rings is 3. The fourth-order valence-corrected chi connectivity index (χ4v) is 5.05. The van der Waals surface area contributed by atoms with Gasteiger partial charge in [0.25, 0.3) is 15.9 Å². The standard InChI is InChI=1S/C25H27ClN4O3S.C2HF3O2/c1-18-6-9-21(10-7-18)34(32,33)29-23-16-19(8-11-24(23)30-14-12-27-13-15-30)25(31)28-17-20-4-2-3-5-22(20)26;3-2(4,5)1(6)7/h2-11,16,27,29H,12-15,17H2,1H3,(H,28,31);(H,6,7). The Hall–Kier alpha value is -3.81. The Morgan fingerprint density at radius 3 is 2.22 bits per heavy atom.